The third-order valence-electron chi connectivity index (χ3n) is 2.08. The Morgan fingerprint density at radius 3 is 1.50 bits per heavy atom. The minimum Gasteiger partial charge on any atom is -0.374 e. The second kappa shape index (κ2) is 3.70. The van der Waals surface area contributed by atoms with Crippen LogP contribution in [0.4, 0.5) is 4.79 Å². The number of rotatable bonds is 2. The molecule has 1 fully saturated rings. The zero-order chi connectivity index (χ0) is 11.0. The predicted octanol–water partition coefficient (Wildman–Crippen LogP) is -1.96. The lowest BCUT2D eigenvalue weighted by Crippen LogP contribution is -2.43. The summed E-state index contributed by atoms with van der Waals surface area (Å²) in [5.41, 5.74) is 0. The molecule has 0 aromatic rings. The fourth-order valence-corrected chi connectivity index (χ4v) is 1.41. The summed E-state index contributed by atoms with van der Waals surface area (Å²) in [6.45, 7) is 2.55. The second-order valence-electron chi connectivity index (χ2n) is 3.19. The SMILES string of the molecule is CC(O)N1C(=O)N(C(C)O)C(O)C1O. The number of carbonyl (C=O) groups is 1. The third-order valence-corrected chi connectivity index (χ3v) is 2.08. The van der Waals surface area contributed by atoms with Crippen molar-refractivity contribution in [3.8, 4) is 0 Å². The quantitative estimate of drug-likeness (QED) is 0.420. The van der Waals surface area contributed by atoms with E-state index in [4.69, 9.17) is 10.2 Å². The highest BCUT2D eigenvalue weighted by Gasteiger charge is 2.47. The molecule has 1 heterocycles. The van der Waals surface area contributed by atoms with Crippen LogP contribution in [0.25, 0.3) is 0 Å². The molecule has 1 saturated heterocycles. The predicted molar refractivity (Wildman–Crippen MR) is 44.4 cm³/mol. The van der Waals surface area contributed by atoms with E-state index < -0.39 is 30.9 Å². The van der Waals surface area contributed by atoms with E-state index in [9.17, 15) is 15.0 Å². The van der Waals surface area contributed by atoms with Gasteiger partial charge in [0.25, 0.3) is 0 Å². The Balaban J connectivity index is 2.91. The van der Waals surface area contributed by atoms with Crippen LogP contribution in [0.2, 0.25) is 0 Å². The van der Waals surface area contributed by atoms with E-state index >= 15 is 0 Å². The second-order valence-corrected chi connectivity index (χ2v) is 3.19. The van der Waals surface area contributed by atoms with E-state index in [0.29, 0.717) is 9.80 Å². The molecule has 1 aliphatic heterocycles. The number of aliphatic hydroxyl groups excluding tert-OH is 4. The topological polar surface area (TPSA) is 104 Å². The molecule has 4 atom stereocenters. The van der Waals surface area contributed by atoms with Crippen LogP contribution in [0.3, 0.4) is 0 Å². The van der Waals surface area contributed by atoms with E-state index in [2.05, 4.69) is 0 Å². The number of hydrogen-bond acceptors (Lipinski definition) is 5. The zero-order valence-electron chi connectivity index (χ0n) is 7.90. The van der Waals surface area contributed by atoms with Gasteiger partial charge in [0, 0.05) is 0 Å². The monoisotopic (exact) mass is 206 g/mol. The molecule has 4 N–H and O–H groups in total. The maximum Gasteiger partial charge on any atom is 0.328 e. The van der Waals surface area contributed by atoms with Crippen LogP contribution in [0.5, 0.6) is 0 Å². The Labute approximate surface area is 80.8 Å². The first kappa shape index (κ1) is 11.2. The van der Waals surface area contributed by atoms with Gasteiger partial charge in [-0.2, -0.15) is 0 Å². The lowest BCUT2D eigenvalue weighted by molar-refractivity contribution is -0.122. The van der Waals surface area contributed by atoms with E-state index in [0.717, 1.165) is 0 Å². The molecule has 4 unspecified atom stereocenters. The molecule has 0 radical (unpaired) electrons. The van der Waals surface area contributed by atoms with Gasteiger partial charge in [-0.05, 0) is 13.8 Å². The van der Waals surface area contributed by atoms with Crippen LogP contribution in [0.1, 0.15) is 13.8 Å². The van der Waals surface area contributed by atoms with Gasteiger partial charge in [0.1, 0.15) is 12.5 Å². The molecular formula is C7H14N2O5. The number of amides is 2. The Morgan fingerprint density at radius 2 is 1.36 bits per heavy atom. The summed E-state index contributed by atoms with van der Waals surface area (Å²) < 4.78 is 0. The Kier molecular flexibility index (Phi) is 2.95. The molecule has 0 spiro atoms. The summed E-state index contributed by atoms with van der Waals surface area (Å²) >= 11 is 0. The minimum atomic E-state index is -1.53. The third kappa shape index (κ3) is 1.55. The Morgan fingerprint density at radius 1 is 1.07 bits per heavy atom. The zero-order valence-corrected chi connectivity index (χ0v) is 7.90. The van der Waals surface area contributed by atoms with Crippen molar-refractivity contribution >= 4 is 6.03 Å². The van der Waals surface area contributed by atoms with Gasteiger partial charge in [0.2, 0.25) is 0 Å². The fourth-order valence-electron chi connectivity index (χ4n) is 1.41. The highest BCUT2D eigenvalue weighted by atomic mass is 16.4. The molecular weight excluding hydrogens is 192 g/mol. The summed E-state index contributed by atoms with van der Waals surface area (Å²) in [6.07, 6.45) is -5.51. The Bertz CT molecular complexity index is 210. The minimum absolute atomic E-state index is 0.678. The molecule has 1 rings (SSSR count). The van der Waals surface area contributed by atoms with Crippen LogP contribution >= 0.6 is 0 Å². The van der Waals surface area contributed by atoms with Crippen molar-refractivity contribution in [1.82, 2.24) is 9.80 Å². The average Bonchev–Trinajstić information content (AvgIpc) is 2.23. The van der Waals surface area contributed by atoms with Gasteiger partial charge in [-0.15, -0.1) is 0 Å². The fraction of sp³-hybridized carbons (Fsp3) is 0.857. The first-order valence-electron chi connectivity index (χ1n) is 4.20. The Hall–Kier alpha value is -0.890. The molecule has 7 nitrogen and oxygen atoms in total. The van der Waals surface area contributed by atoms with Gasteiger partial charge in [-0.25, -0.2) is 4.79 Å². The summed E-state index contributed by atoms with van der Waals surface area (Å²) in [4.78, 5) is 12.8. The molecule has 0 aliphatic carbocycles. The lowest BCUT2D eigenvalue weighted by atomic mass is 10.4. The molecule has 2 amide bonds. The number of aliphatic hydroxyl groups is 4. The standard InChI is InChI=1S/C7H14N2O5/c1-3(10)8-5(12)6(13)9(4(2)11)7(8)14/h3-6,10-13H,1-2H3. The van der Waals surface area contributed by atoms with Crippen molar-refractivity contribution in [2.45, 2.75) is 38.8 Å². The maximum absolute atomic E-state index is 11.4. The van der Waals surface area contributed by atoms with Gasteiger partial charge in [0.05, 0.1) is 0 Å². The molecule has 0 aromatic heterocycles. The van der Waals surface area contributed by atoms with E-state index in [1.54, 1.807) is 0 Å². The molecule has 82 valence electrons. The van der Waals surface area contributed by atoms with Crippen molar-refractivity contribution in [2.24, 2.45) is 0 Å². The summed E-state index contributed by atoms with van der Waals surface area (Å²) in [7, 11) is 0. The van der Waals surface area contributed by atoms with Crippen LogP contribution in [0, 0.1) is 0 Å². The molecule has 14 heavy (non-hydrogen) atoms. The average molecular weight is 206 g/mol. The summed E-state index contributed by atoms with van der Waals surface area (Å²) in [5, 5.41) is 37.0. The highest BCUT2D eigenvalue weighted by Crippen LogP contribution is 2.22. The van der Waals surface area contributed by atoms with Gasteiger partial charge in [0.15, 0.2) is 12.5 Å². The van der Waals surface area contributed by atoms with Crippen LogP contribution in [0.15, 0.2) is 0 Å². The van der Waals surface area contributed by atoms with Crippen molar-refractivity contribution < 1.29 is 25.2 Å². The van der Waals surface area contributed by atoms with Crippen molar-refractivity contribution in [1.29, 1.82) is 0 Å². The molecule has 0 bridgehead atoms. The van der Waals surface area contributed by atoms with Crippen molar-refractivity contribution in [3.63, 3.8) is 0 Å². The highest BCUT2D eigenvalue weighted by molar-refractivity contribution is 5.77. The number of nitrogens with zero attached hydrogens (tertiary/aromatic N) is 2. The number of hydrogen-bond donors (Lipinski definition) is 4. The van der Waals surface area contributed by atoms with Crippen molar-refractivity contribution in [3.05, 3.63) is 0 Å². The van der Waals surface area contributed by atoms with Gasteiger partial charge in [-0.1, -0.05) is 0 Å². The normalized spacial score (nSPS) is 32.3. The van der Waals surface area contributed by atoms with E-state index in [-0.39, 0.29) is 0 Å². The van der Waals surface area contributed by atoms with Gasteiger partial charge < -0.3 is 20.4 Å². The smallest absolute Gasteiger partial charge is 0.328 e. The summed E-state index contributed by atoms with van der Waals surface area (Å²) in [5.74, 6) is 0. The molecule has 1 aliphatic rings. The lowest BCUT2D eigenvalue weighted by Gasteiger charge is -2.22. The van der Waals surface area contributed by atoms with Gasteiger partial charge in [-0.3, -0.25) is 9.80 Å². The molecule has 0 aromatic carbocycles. The molecule has 7 heteroatoms. The molecule has 0 saturated carbocycles. The largest absolute Gasteiger partial charge is 0.374 e. The van der Waals surface area contributed by atoms with Crippen LogP contribution in [-0.2, 0) is 0 Å². The van der Waals surface area contributed by atoms with Crippen LogP contribution in [-0.4, -0.2) is 61.2 Å². The maximum atomic E-state index is 11.4. The summed E-state index contributed by atoms with van der Waals surface area (Å²) in [6, 6.07) is -0.810. The van der Waals surface area contributed by atoms with E-state index in [1.807, 2.05) is 0 Å². The van der Waals surface area contributed by atoms with Gasteiger partial charge >= 0.3 is 6.03 Å². The van der Waals surface area contributed by atoms with Crippen molar-refractivity contribution in [2.75, 3.05) is 0 Å². The van der Waals surface area contributed by atoms with Crippen LogP contribution < -0.4 is 0 Å². The number of urea groups is 1. The first-order chi connectivity index (χ1) is 6.37. The van der Waals surface area contributed by atoms with E-state index in [1.165, 1.54) is 13.8 Å². The first-order valence-corrected chi connectivity index (χ1v) is 4.20. The number of carbonyl (C=O) groups excluding carboxylic acids is 1.